The number of aryl methyl sites for hydroxylation is 1. The molecule has 0 saturated carbocycles. The molecule has 6 nitrogen and oxygen atoms in total. The first-order valence-corrected chi connectivity index (χ1v) is 6.35. The molecule has 0 heterocycles. The van der Waals surface area contributed by atoms with Gasteiger partial charge in [0, 0.05) is 24.5 Å². The zero-order chi connectivity index (χ0) is 15.4. The lowest BCUT2D eigenvalue weighted by Crippen LogP contribution is -2.14. The Bertz CT molecular complexity index is 698. The highest BCUT2D eigenvalue weighted by atomic mass is 16.6. The highest BCUT2D eigenvalue weighted by Crippen LogP contribution is 2.23. The molecule has 0 unspecified atom stereocenters. The van der Waals surface area contributed by atoms with Gasteiger partial charge in [-0.3, -0.25) is 14.9 Å². The van der Waals surface area contributed by atoms with E-state index in [1.165, 1.54) is 12.1 Å². The SMILES string of the molecule is CNc1ccc([N+](=O)[O-])c(C(=O)Nc2cccc(C)c2)c1. The molecule has 0 fully saturated rings. The van der Waals surface area contributed by atoms with Crippen LogP contribution in [0.3, 0.4) is 0 Å². The normalized spacial score (nSPS) is 10.0. The number of nitro benzene ring substituents is 1. The van der Waals surface area contributed by atoms with Gasteiger partial charge in [-0.05, 0) is 36.8 Å². The quantitative estimate of drug-likeness (QED) is 0.667. The minimum atomic E-state index is -0.565. The maximum atomic E-state index is 12.3. The molecule has 0 spiro atoms. The number of anilines is 2. The van der Waals surface area contributed by atoms with Crippen LogP contribution in [0.1, 0.15) is 15.9 Å². The molecule has 2 aromatic carbocycles. The summed E-state index contributed by atoms with van der Waals surface area (Å²) >= 11 is 0. The third-order valence-electron chi connectivity index (χ3n) is 3.00. The Labute approximate surface area is 121 Å². The summed E-state index contributed by atoms with van der Waals surface area (Å²) in [4.78, 5) is 22.7. The van der Waals surface area contributed by atoms with Crippen LogP contribution in [0.2, 0.25) is 0 Å². The van der Waals surface area contributed by atoms with Crippen molar-refractivity contribution in [2.75, 3.05) is 17.7 Å². The van der Waals surface area contributed by atoms with Gasteiger partial charge in [0.1, 0.15) is 5.56 Å². The van der Waals surface area contributed by atoms with Crippen molar-refractivity contribution in [3.05, 3.63) is 63.7 Å². The molecule has 0 aliphatic heterocycles. The van der Waals surface area contributed by atoms with Gasteiger partial charge >= 0.3 is 0 Å². The number of nitrogens with zero attached hydrogens (tertiary/aromatic N) is 1. The summed E-state index contributed by atoms with van der Waals surface area (Å²) in [6, 6.07) is 11.6. The van der Waals surface area contributed by atoms with Crippen LogP contribution in [0.25, 0.3) is 0 Å². The zero-order valence-corrected chi connectivity index (χ0v) is 11.7. The van der Waals surface area contributed by atoms with Gasteiger partial charge in [0.25, 0.3) is 11.6 Å². The molecule has 108 valence electrons. The lowest BCUT2D eigenvalue weighted by atomic mass is 10.1. The van der Waals surface area contributed by atoms with E-state index in [9.17, 15) is 14.9 Å². The molecule has 21 heavy (non-hydrogen) atoms. The highest BCUT2D eigenvalue weighted by Gasteiger charge is 2.20. The van der Waals surface area contributed by atoms with Gasteiger partial charge in [-0.25, -0.2) is 0 Å². The van der Waals surface area contributed by atoms with Crippen LogP contribution in [0.5, 0.6) is 0 Å². The Morgan fingerprint density at radius 1 is 1.14 bits per heavy atom. The summed E-state index contributed by atoms with van der Waals surface area (Å²) in [6.07, 6.45) is 0. The lowest BCUT2D eigenvalue weighted by molar-refractivity contribution is -0.385. The van der Waals surface area contributed by atoms with Crippen LogP contribution >= 0.6 is 0 Å². The molecule has 0 aliphatic carbocycles. The van der Waals surface area contributed by atoms with E-state index in [4.69, 9.17) is 0 Å². The second-order valence-electron chi connectivity index (χ2n) is 4.56. The van der Waals surface area contributed by atoms with Gasteiger partial charge in [0.15, 0.2) is 0 Å². The van der Waals surface area contributed by atoms with Crippen molar-refractivity contribution in [2.24, 2.45) is 0 Å². The number of hydrogen-bond donors (Lipinski definition) is 2. The van der Waals surface area contributed by atoms with Crippen LogP contribution in [0, 0.1) is 17.0 Å². The van der Waals surface area contributed by atoms with Crippen LogP contribution < -0.4 is 10.6 Å². The summed E-state index contributed by atoms with van der Waals surface area (Å²) in [5, 5.41) is 16.6. The van der Waals surface area contributed by atoms with Crippen molar-refractivity contribution in [3.8, 4) is 0 Å². The second kappa shape index (κ2) is 6.04. The molecule has 0 aliphatic rings. The Morgan fingerprint density at radius 2 is 1.90 bits per heavy atom. The lowest BCUT2D eigenvalue weighted by Gasteiger charge is -2.08. The molecule has 1 amide bonds. The van der Waals surface area contributed by atoms with Gasteiger partial charge in [0.2, 0.25) is 0 Å². The molecule has 0 atom stereocenters. The van der Waals surface area contributed by atoms with E-state index < -0.39 is 10.8 Å². The Morgan fingerprint density at radius 3 is 2.52 bits per heavy atom. The van der Waals surface area contributed by atoms with E-state index in [2.05, 4.69) is 10.6 Å². The highest BCUT2D eigenvalue weighted by molar-refractivity contribution is 6.07. The molecule has 0 saturated heterocycles. The standard InChI is InChI=1S/C15H15N3O3/c1-10-4-3-5-12(8-10)17-15(19)13-9-11(16-2)6-7-14(13)18(20)21/h3-9,16H,1-2H3,(H,17,19). The minimum absolute atomic E-state index is 0.0216. The Hall–Kier alpha value is -2.89. The van der Waals surface area contributed by atoms with Gasteiger partial charge in [0.05, 0.1) is 4.92 Å². The average Bonchev–Trinajstić information content (AvgIpc) is 2.46. The number of nitrogens with one attached hydrogen (secondary N) is 2. The maximum absolute atomic E-state index is 12.3. The van der Waals surface area contributed by atoms with E-state index in [0.29, 0.717) is 11.4 Å². The molecular formula is C15H15N3O3. The Kier molecular flexibility index (Phi) is 4.18. The topological polar surface area (TPSA) is 84.3 Å². The molecule has 0 radical (unpaired) electrons. The first-order valence-electron chi connectivity index (χ1n) is 6.35. The fourth-order valence-corrected chi connectivity index (χ4v) is 1.95. The molecule has 6 heteroatoms. The van der Waals surface area contributed by atoms with Crippen molar-refractivity contribution >= 4 is 23.0 Å². The number of carbonyl (C=O) groups excluding carboxylic acids is 1. The van der Waals surface area contributed by atoms with Crippen molar-refractivity contribution < 1.29 is 9.72 Å². The van der Waals surface area contributed by atoms with E-state index >= 15 is 0 Å². The second-order valence-corrected chi connectivity index (χ2v) is 4.56. The number of rotatable bonds is 4. The average molecular weight is 285 g/mol. The van der Waals surface area contributed by atoms with Gasteiger partial charge in [-0.1, -0.05) is 12.1 Å². The minimum Gasteiger partial charge on any atom is -0.388 e. The maximum Gasteiger partial charge on any atom is 0.282 e. The summed E-state index contributed by atoms with van der Waals surface area (Å²) in [5.41, 5.74) is 2.03. The monoisotopic (exact) mass is 285 g/mol. The largest absolute Gasteiger partial charge is 0.388 e. The molecular weight excluding hydrogens is 270 g/mol. The van der Waals surface area contributed by atoms with Crippen LogP contribution in [-0.4, -0.2) is 17.9 Å². The van der Waals surface area contributed by atoms with Crippen molar-refractivity contribution in [1.29, 1.82) is 0 Å². The molecule has 2 aromatic rings. The molecule has 2 N–H and O–H groups in total. The van der Waals surface area contributed by atoms with Crippen molar-refractivity contribution in [3.63, 3.8) is 0 Å². The van der Waals surface area contributed by atoms with E-state index in [1.807, 2.05) is 19.1 Å². The number of benzene rings is 2. The third-order valence-corrected chi connectivity index (χ3v) is 3.00. The van der Waals surface area contributed by atoms with Gasteiger partial charge < -0.3 is 10.6 Å². The van der Waals surface area contributed by atoms with E-state index in [-0.39, 0.29) is 11.3 Å². The molecule has 0 aromatic heterocycles. The van der Waals surface area contributed by atoms with E-state index in [1.54, 1.807) is 25.2 Å². The van der Waals surface area contributed by atoms with Crippen molar-refractivity contribution in [1.82, 2.24) is 0 Å². The fraction of sp³-hybridized carbons (Fsp3) is 0.133. The summed E-state index contributed by atoms with van der Waals surface area (Å²) in [6.45, 7) is 1.90. The summed E-state index contributed by atoms with van der Waals surface area (Å²) in [7, 11) is 1.68. The van der Waals surface area contributed by atoms with Gasteiger partial charge in [-0.2, -0.15) is 0 Å². The van der Waals surface area contributed by atoms with Crippen LogP contribution in [0.4, 0.5) is 17.1 Å². The van der Waals surface area contributed by atoms with Crippen LogP contribution in [0.15, 0.2) is 42.5 Å². The predicted molar refractivity (Wildman–Crippen MR) is 81.8 cm³/mol. The molecule has 2 rings (SSSR count). The number of hydrogen-bond acceptors (Lipinski definition) is 4. The fourth-order valence-electron chi connectivity index (χ4n) is 1.95. The van der Waals surface area contributed by atoms with E-state index in [0.717, 1.165) is 5.56 Å². The zero-order valence-electron chi connectivity index (χ0n) is 11.7. The summed E-state index contributed by atoms with van der Waals surface area (Å²) in [5.74, 6) is -0.510. The first kappa shape index (κ1) is 14.5. The smallest absolute Gasteiger partial charge is 0.282 e. The Balaban J connectivity index is 2.35. The number of carbonyl (C=O) groups is 1. The third kappa shape index (κ3) is 3.36. The van der Waals surface area contributed by atoms with Crippen molar-refractivity contribution in [2.45, 2.75) is 6.92 Å². The van der Waals surface area contributed by atoms with Gasteiger partial charge in [-0.15, -0.1) is 0 Å². The number of amides is 1. The predicted octanol–water partition coefficient (Wildman–Crippen LogP) is 3.20. The summed E-state index contributed by atoms with van der Waals surface area (Å²) < 4.78 is 0. The molecule has 0 bridgehead atoms. The van der Waals surface area contributed by atoms with Crippen LogP contribution in [-0.2, 0) is 0 Å². The first-order chi connectivity index (χ1) is 10.0. The number of nitro groups is 1.